The molecule has 1 amide bonds. The molecule has 0 aliphatic heterocycles. The first-order valence-corrected chi connectivity index (χ1v) is 8.67. The highest BCUT2D eigenvalue weighted by Crippen LogP contribution is 2.37. The van der Waals surface area contributed by atoms with E-state index < -0.39 is 5.60 Å². The Morgan fingerprint density at radius 1 is 1.48 bits per heavy atom. The highest BCUT2D eigenvalue weighted by atomic mass is 35.5. The number of rotatable bonds is 6. The van der Waals surface area contributed by atoms with Crippen LogP contribution in [0.25, 0.3) is 0 Å². The topological polar surface area (TPSA) is 47.6 Å². The minimum Gasteiger partial charge on any atom is -0.495 e. The van der Waals surface area contributed by atoms with Crippen LogP contribution in [0, 0.1) is 5.92 Å². The van der Waals surface area contributed by atoms with E-state index in [2.05, 4.69) is 19.2 Å². The number of halogens is 1. The number of hydrogen-bond acceptors (Lipinski definition) is 3. The van der Waals surface area contributed by atoms with Crippen LogP contribution < -0.4 is 10.1 Å². The number of ether oxygens (including phenoxy) is 2. The van der Waals surface area contributed by atoms with Crippen molar-refractivity contribution in [2.75, 3.05) is 19.0 Å². The van der Waals surface area contributed by atoms with Gasteiger partial charge in [-0.1, -0.05) is 31.9 Å². The van der Waals surface area contributed by atoms with E-state index >= 15 is 0 Å². The molecular weight excluding hydrogens is 314 g/mol. The zero-order chi connectivity index (χ0) is 16.9. The molecule has 0 spiro atoms. The van der Waals surface area contributed by atoms with Crippen LogP contribution in [0.4, 0.5) is 5.69 Å². The molecule has 0 bridgehead atoms. The summed E-state index contributed by atoms with van der Waals surface area (Å²) in [5.74, 6) is 1.01. The molecule has 0 aromatic heterocycles. The lowest BCUT2D eigenvalue weighted by Gasteiger charge is -2.38. The second-order valence-corrected chi connectivity index (χ2v) is 6.75. The third-order valence-electron chi connectivity index (χ3n) is 4.36. The van der Waals surface area contributed by atoms with Crippen molar-refractivity contribution in [1.29, 1.82) is 0 Å². The van der Waals surface area contributed by atoms with Crippen molar-refractivity contribution in [3.05, 3.63) is 23.2 Å². The van der Waals surface area contributed by atoms with Crippen molar-refractivity contribution < 1.29 is 14.3 Å². The summed E-state index contributed by atoms with van der Waals surface area (Å²) in [6, 6.07) is 5.25. The zero-order valence-corrected chi connectivity index (χ0v) is 14.9. The van der Waals surface area contributed by atoms with E-state index in [1.165, 1.54) is 0 Å². The third kappa shape index (κ3) is 4.39. The predicted molar refractivity (Wildman–Crippen MR) is 93.2 cm³/mol. The van der Waals surface area contributed by atoms with Gasteiger partial charge in [0.25, 0.3) is 5.91 Å². The lowest BCUT2D eigenvalue weighted by Crippen LogP contribution is -2.48. The van der Waals surface area contributed by atoms with Crippen LogP contribution in [-0.2, 0) is 9.53 Å². The van der Waals surface area contributed by atoms with Crippen molar-refractivity contribution in [2.24, 2.45) is 5.92 Å². The number of methoxy groups -OCH3 is 1. The summed E-state index contributed by atoms with van der Waals surface area (Å²) in [6.45, 7) is 4.84. The Hall–Kier alpha value is -1.26. The third-order valence-corrected chi connectivity index (χ3v) is 4.66. The summed E-state index contributed by atoms with van der Waals surface area (Å²) < 4.78 is 11.2. The lowest BCUT2D eigenvalue weighted by molar-refractivity contribution is -0.148. The molecule has 1 N–H and O–H groups in total. The summed E-state index contributed by atoms with van der Waals surface area (Å²) in [4.78, 5) is 12.9. The molecular formula is C18H26ClNO3. The van der Waals surface area contributed by atoms with Gasteiger partial charge in [0, 0.05) is 12.3 Å². The quantitative estimate of drug-likeness (QED) is 0.819. The first-order valence-electron chi connectivity index (χ1n) is 8.29. The molecule has 0 radical (unpaired) electrons. The van der Waals surface area contributed by atoms with Gasteiger partial charge in [0.1, 0.15) is 11.4 Å². The molecule has 1 aliphatic carbocycles. The van der Waals surface area contributed by atoms with Crippen LogP contribution in [0.15, 0.2) is 18.2 Å². The predicted octanol–water partition coefficient (Wildman–Crippen LogP) is 4.66. The minimum absolute atomic E-state index is 0.0706. The molecule has 128 valence electrons. The molecule has 1 aromatic carbocycles. The Morgan fingerprint density at radius 2 is 2.26 bits per heavy atom. The molecule has 1 fully saturated rings. The van der Waals surface area contributed by atoms with Crippen molar-refractivity contribution in [3.8, 4) is 5.75 Å². The summed E-state index contributed by atoms with van der Waals surface area (Å²) in [5.41, 5.74) is -0.0569. The number of carbonyl (C=O) groups excluding carboxylic acids is 1. The van der Waals surface area contributed by atoms with Gasteiger partial charge < -0.3 is 14.8 Å². The van der Waals surface area contributed by atoms with E-state index in [0.29, 0.717) is 29.0 Å². The lowest BCUT2D eigenvalue weighted by atomic mass is 9.78. The fraction of sp³-hybridized carbons (Fsp3) is 0.611. The van der Waals surface area contributed by atoms with E-state index in [0.717, 1.165) is 32.1 Å². The molecule has 2 atom stereocenters. The molecule has 0 unspecified atom stereocenters. The van der Waals surface area contributed by atoms with Crippen molar-refractivity contribution >= 4 is 23.2 Å². The maximum Gasteiger partial charge on any atom is 0.256 e. The second kappa shape index (κ2) is 8.02. The normalized spacial score (nSPS) is 24.3. The zero-order valence-electron chi connectivity index (χ0n) is 14.2. The number of benzene rings is 1. The summed E-state index contributed by atoms with van der Waals surface area (Å²) in [7, 11) is 1.57. The Morgan fingerprint density at radius 3 is 2.87 bits per heavy atom. The Balaban J connectivity index is 2.15. The summed E-state index contributed by atoms with van der Waals surface area (Å²) in [6.07, 6.45) is 4.61. The minimum atomic E-state index is -0.722. The molecule has 4 nitrogen and oxygen atoms in total. The van der Waals surface area contributed by atoms with Gasteiger partial charge in [-0.2, -0.15) is 0 Å². The van der Waals surface area contributed by atoms with Gasteiger partial charge in [-0.25, -0.2) is 0 Å². The smallest absolute Gasteiger partial charge is 0.256 e. The van der Waals surface area contributed by atoms with Gasteiger partial charge in [0.05, 0.1) is 12.1 Å². The van der Waals surface area contributed by atoms with E-state index in [1.807, 2.05) is 0 Å². The standard InChI is InChI=1S/C18H26ClNO3/c1-4-10-23-18(9-5-6-13(2)12-18)17(21)20-14-7-8-16(22-3)15(19)11-14/h7-8,11,13H,4-6,9-10,12H2,1-3H3,(H,20,21)/t13-,18-/m0/s1. The molecule has 23 heavy (non-hydrogen) atoms. The number of nitrogens with one attached hydrogen (secondary N) is 1. The van der Waals surface area contributed by atoms with Gasteiger partial charge in [-0.05, 0) is 49.8 Å². The molecule has 2 rings (SSSR count). The fourth-order valence-corrected chi connectivity index (χ4v) is 3.45. The summed E-state index contributed by atoms with van der Waals surface area (Å²) >= 11 is 6.13. The Kier molecular flexibility index (Phi) is 6.31. The van der Waals surface area contributed by atoms with Crippen molar-refractivity contribution in [2.45, 2.75) is 51.6 Å². The average Bonchev–Trinajstić information content (AvgIpc) is 2.53. The van der Waals surface area contributed by atoms with Gasteiger partial charge in [-0.3, -0.25) is 4.79 Å². The van der Waals surface area contributed by atoms with E-state index in [1.54, 1.807) is 25.3 Å². The van der Waals surface area contributed by atoms with Crippen LogP contribution >= 0.6 is 11.6 Å². The first-order chi connectivity index (χ1) is 11.0. The highest BCUT2D eigenvalue weighted by Gasteiger charge is 2.42. The first kappa shape index (κ1) is 18.1. The molecule has 0 heterocycles. The molecule has 5 heteroatoms. The molecule has 1 aliphatic rings. The SMILES string of the molecule is CCCO[C@@]1(C(=O)Nc2ccc(OC)c(Cl)c2)CCC[C@H](C)C1. The second-order valence-electron chi connectivity index (χ2n) is 6.35. The highest BCUT2D eigenvalue weighted by molar-refractivity contribution is 6.32. The van der Waals surface area contributed by atoms with Crippen LogP contribution in [-0.4, -0.2) is 25.2 Å². The van der Waals surface area contributed by atoms with E-state index in [4.69, 9.17) is 21.1 Å². The number of anilines is 1. The maximum atomic E-state index is 12.9. The van der Waals surface area contributed by atoms with E-state index in [9.17, 15) is 4.79 Å². The van der Waals surface area contributed by atoms with E-state index in [-0.39, 0.29) is 5.91 Å². The molecule has 0 saturated heterocycles. The van der Waals surface area contributed by atoms with Gasteiger partial charge in [0.2, 0.25) is 0 Å². The Labute approximate surface area is 143 Å². The fourth-order valence-electron chi connectivity index (χ4n) is 3.19. The average molecular weight is 340 g/mol. The van der Waals surface area contributed by atoms with Gasteiger partial charge in [-0.15, -0.1) is 0 Å². The molecule has 1 saturated carbocycles. The van der Waals surface area contributed by atoms with Crippen molar-refractivity contribution in [3.63, 3.8) is 0 Å². The van der Waals surface area contributed by atoms with Gasteiger partial charge >= 0.3 is 0 Å². The van der Waals surface area contributed by atoms with Crippen LogP contribution in [0.2, 0.25) is 5.02 Å². The Bertz CT molecular complexity index is 549. The molecule has 1 aromatic rings. The van der Waals surface area contributed by atoms with Crippen LogP contribution in [0.1, 0.15) is 46.0 Å². The maximum absolute atomic E-state index is 12.9. The van der Waals surface area contributed by atoms with Crippen LogP contribution in [0.3, 0.4) is 0 Å². The van der Waals surface area contributed by atoms with Crippen molar-refractivity contribution in [1.82, 2.24) is 0 Å². The van der Waals surface area contributed by atoms with Crippen LogP contribution in [0.5, 0.6) is 5.75 Å². The number of hydrogen-bond donors (Lipinski definition) is 1. The van der Waals surface area contributed by atoms with Gasteiger partial charge in [0.15, 0.2) is 0 Å². The number of amides is 1. The number of carbonyl (C=O) groups is 1. The largest absolute Gasteiger partial charge is 0.495 e. The summed E-state index contributed by atoms with van der Waals surface area (Å²) in [5, 5.41) is 3.45. The monoisotopic (exact) mass is 339 g/mol.